The molecule has 0 aliphatic rings. The Morgan fingerprint density at radius 2 is 1.47 bits per heavy atom. The van der Waals surface area contributed by atoms with Gasteiger partial charge < -0.3 is 5.11 Å². The maximum absolute atomic E-state index is 12.9. The van der Waals surface area contributed by atoms with E-state index in [2.05, 4.69) is 0 Å². The topological polar surface area (TPSA) is 54.4 Å². The lowest BCUT2D eigenvalue weighted by molar-refractivity contribution is -0.133. The molecule has 30 heavy (non-hydrogen) atoms. The molecule has 0 aromatic heterocycles. The lowest BCUT2D eigenvalue weighted by Crippen LogP contribution is -2.09. The van der Waals surface area contributed by atoms with Gasteiger partial charge in [-0.05, 0) is 60.2 Å². The van der Waals surface area contributed by atoms with Crippen molar-refractivity contribution in [2.75, 3.05) is 5.75 Å². The van der Waals surface area contributed by atoms with Gasteiger partial charge in [-0.3, -0.25) is 9.59 Å². The number of rotatable bonds is 9. The highest BCUT2D eigenvalue weighted by Gasteiger charge is 2.22. The Labute approximate surface area is 193 Å². The molecule has 154 valence electrons. The van der Waals surface area contributed by atoms with E-state index < -0.39 is 5.97 Å². The number of halogens is 2. The van der Waals surface area contributed by atoms with E-state index in [1.165, 1.54) is 11.8 Å². The molecule has 0 fully saturated rings. The van der Waals surface area contributed by atoms with Gasteiger partial charge in [0.1, 0.15) is 0 Å². The zero-order valence-electron chi connectivity index (χ0n) is 15.8. The predicted octanol–water partition coefficient (Wildman–Crippen LogP) is 7.28. The number of hydrogen-bond acceptors (Lipinski definition) is 4. The maximum atomic E-state index is 12.9. The maximum Gasteiger partial charge on any atom is 0.313 e. The van der Waals surface area contributed by atoms with Gasteiger partial charge in [0.2, 0.25) is 0 Å². The van der Waals surface area contributed by atoms with Crippen LogP contribution in [0.25, 0.3) is 0 Å². The van der Waals surface area contributed by atoms with Crippen molar-refractivity contribution in [2.45, 2.75) is 21.5 Å². The Bertz CT molecular complexity index is 1020. The Hall–Kier alpha value is -1.92. The van der Waals surface area contributed by atoms with Gasteiger partial charge in [0.05, 0.1) is 5.75 Å². The molecule has 0 amide bonds. The molecular formula is C23H18Cl2O3S2. The molecule has 0 heterocycles. The van der Waals surface area contributed by atoms with Gasteiger partial charge in [-0.1, -0.05) is 53.2 Å². The molecule has 3 aromatic rings. The monoisotopic (exact) mass is 476 g/mol. The normalized spacial score (nSPS) is 11.8. The lowest BCUT2D eigenvalue weighted by atomic mass is 10.0. The third-order valence-electron chi connectivity index (χ3n) is 4.25. The van der Waals surface area contributed by atoms with Crippen LogP contribution in [0.5, 0.6) is 0 Å². The van der Waals surface area contributed by atoms with Crippen LogP contribution in [0.1, 0.15) is 27.6 Å². The molecule has 0 bridgehead atoms. The quantitative estimate of drug-likeness (QED) is 0.328. The molecule has 0 saturated heterocycles. The third-order valence-corrected chi connectivity index (χ3v) is 7.09. The van der Waals surface area contributed by atoms with E-state index in [0.29, 0.717) is 15.6 Å². The Balaban J connectivity index is 1.87. The van der Waals surface area contributed by atoms with Gasteiger partial charge in [0, 0.05) is 37.1 Å². The first kappa shape index (κ1) is 22.8. The van der Waals surface area contributed by atoms with E-state index in [1.54, 1.807) is 36.0 Å². The number of thioether (sulfide) groups is 1. The number of Topliss-reactive ketones (excluding diaryl/α,β-unsaturated/α-hetero) is 1. The van der Waals surface area contributed by atoms with Crippen LogP contribution in [0.3, 0.4) is 0 Å². The van der Waals surface area contributed by atoms with E-state index in [0.717, 1.165) is 15.4 Å². The Morgan fingerprint density at radius 3 is 2.10 bits per heavy atom. The summed E-state index contributed by atoms with van der Waals surface area (Å²) in [5, 5.41) is 10.1. The first-order valence-electron chi connectivity index (χ1n) is 9.07. The van der Waals surface area contributed by atoms with Crippen molar-refractivity contribution in [3.8, 4) is 0 Å². The second kappa shape index (κ2) is 10.9. The largest absolute Gasteiger partial charge is 0.481 e. The second-order valence-corrected chi connectivity index (χ2v) is 9.60. The van der Waals surface area contributed by atoms with E-state index in [9.17, 15) is 14.7 Å². The first-order valence-corrected chi connectivity index (χ1v) is 11.7. The molecule has 7 heteroatoms. The second-order valence-electron chi connectivity index (χ2n) is 6.42. The molecule has 3 rings (SSSR count). The minimum Gasteiger partial charge on any atom is -0.481 e. The number of aliphatic carboxylic acids is 1. The zero-order chi connectivity index (χ0) is 21.5. The number of ketones is 1. The molecule has 0 saturated carbocycles. The van der Waals surface area contributed by atoms with E-state index in [4.69, 9.17) is 23.2 Å². The van der Waals surface area contributed by atoms with Crippen molar-refractivity contribution in [1.82, 2.24) is 0 Å². The predicted molar refractivity (Wildman–Crippen MR) is 125 cm³/mol. The molecule has 3 aromatic carbocycles. The summed E-state index contributed by atoms with van der Waals surface area (Å²) in [5.41, 5.74) is 1.49. The van der Waals surface area contributed by atoms with Gasteiger partial charge >= 0.3 is 5.97 Å². The number of carbonyl (C=O) groups is 2. The minimum absolute atomic E-state index is 0.0548. The molecule has 0 radical (unpaired) electrons. The fraction of sp³-hybridized carbons (Fsp3) is 0.130. The SMILES string of the molecule is O=C(O)CS[C@@H](CC(=O)c1ccc(Cl)cc1)c1ccccc1Sc1ccc(Cl)cc1. The van der Waals surface area contributed by atoms with Crippen LogP contribution in [0, 0.1) is 0 Å². The molecule has 1 atom stereocenters. The van der Waals surface area contributed by atoms with Gasteiger partial charge in [-0.2, -0.15) is 0 Å². The zero-order valence-corrected chi connectivity index (χ0v) is 18.9. The summed E-state index contributed by atoms with van der Waals surface area (Å²) in [6.45, 7) is 0. The number of carboxylic acid groups (broad SMARTS) is 1. The Kier molecular flexibility index (Phi) is 8.28. The highest BCUT2D eigenvalue weighted by Crippen LogP contribution is 2.41. The fourth-order valence-electron chi connectivity index (χ4n) is 2.82. The van der Waals surface area contributed by atoms with Crippen LogP contribution in [-0.4, -0.2) is 22.6 Å². The Morgan fingerprint density at radius 1 is 0.867 bits per heavy atom. The summed E-state index contributed by atoms with van der Waals surface area (Å²) in [7, 11) is 0. The van der Waals surface area contributed by atoms with Gasteiger partial charge in [0.15, 0.2) is 5.78 Å². The van der Waals surface area contributed by atoms with E-state index in [1.807, 2.05) is 48.5 Å². The third kappa shape index (κ3) is 6.54. The van der Waals surface area contributed by atoms with E-state index in [-0.39, 0.29) is 23.2 Å². The van der Waals surface area contributed by atoms with Gasteiger partial charge in [-0.15, -0.1) is 11.8 Å². The number of carboxylic acids is 1. The van der Waals surface area contributed by atoms with E-state index >= 15 is 0 Å². The molecule has 0 unspecified atom stereocenters. The average Bonchev–Trinajstić information content (AvgIpc) is 2.73. The molecule has 1 N–H and O–H groups in total. The van der Waals surface area contributed by atoms with Crippen LogP contribution in [0.2, 0.25) is 10.0 Å². The van der Waals surface area contributed by atoms with Crippen molar-refractivity contribution in [2.24, 2.45) is 0 Å². The van der Waals surface area contributed by atoms with Crippen LogP contribution >= 0.6 is 46.7 Å². The lowest BCUT2D eigenvalue weighted by Gasteiger charge is -2.19. The van der Waals surface area contributed by atoms with Crippen LogP contribution in [0.15, 0.2) is 82.6 Å². The van der Waals surface area contributed by atoms with Crippen molar-refractivity contribution in [1.29, 1.82) is 0 Å². The summed E-state index contributed by atoms with van der Waals surface area (Å²) in [4.78, 5) is 26.1. The molecule has 0 aliphatic carbocycles. The number of carbonyl (C=O) groups excluding carboxylic acids is 1. The van der Waals surface area contributed by atoms with Crippen LogP contribution in [0.4, 0.5) is 0 Å². The molecular weight excluding hydrogens is 459 g/mol. The minimum atomic E-state index is -0.910. The first-order chi connectivity index (χ1) is 14.4. The van der Waals surface area contributed by atoms with Gasteiger partial charge in [-0.25, -0.2) is 0 Å². The summed E-state index contributed by atoms with van der Waals surface area (Å²) in [5.74, 6) is -1.05. The van der Waals surface area contributed by atoms with Crippen LogP contribution in [-0.2, 0) is 4.79 Å². The van der Waals surface area contributed by atoms with Crippen molar-refractivity contribution >= 4 is 58.5 Å². The molecule has 0 spiro atoms. The summed E-state index contributed by atoms with van der Waals surface area (Å²) in [6, 6.07) is 22.0. The van der Waals surface area contributed by atoms with Gasteiger partial charge in [0.25, 0.3) is 0 Å². The number of benzene rings is 3. The van der Waals surface area contributed by atoms with Crippen molar-refractivity contribution in [3.63, 3.8) is 0 Å². The smallest absolute Gasteiger partial charge is 0.313 e. The summed E-state index contributed by atoms with van der Waals surface area (Å²) >= 11 is 14.7. The highest BCUT2D eigenvalue weighted by atomic mass is 35.5. The van der Waals surface area contributed by atoms with Crippen molar-refractivity contribution in [3.05, 3.63) is 94.0 Å². The standard InChI is InChI=1S/C23H18Cl2O3S2/c24-16-7-5-15(6-8-16)20(26)13-22(29-14-23(27)28)19-3-1-2-4-21(19)30-18-11-9-17(25)10-12-18/h1-12,22H,13-14H2,(H,27,28)/t22-/m0/s1. The average molecular weight is 477 g/mol. The summed E-state index contributed by atoms with van der Waals surface area (Å²) < 4.78 is 0. The molecule has 0 aliphatic heterocycles. The highest BCUT2D eigenvalue weighted by molar-refractivity contribution is 8.00. The van der Waals surface area contributed by atoms with Crippen LogP contribution < -0.4 is 0 Å². The van der Waals surface area contributed by atoms with Crippen molar-refractivity contribution < 1.29 is 14.7 Å². The summed E-state index contributed by atoms with van der Waals surface area (Å²) in [6.07, 6.45) is 0.192. The fourth-order valence-corrected chi connectivity index (χ4v) is 5.15. The molecule has 3 nitrogen and oxygen atoms in total. The number of hydrogen-bond donors (Lipinski definition) is 1.